The number of sulfonamides is 1. The molecule has 5 aromatic rings. The Morgan fingerprint density at radius 1 is 0.880 bits per heavy atom. The lowest BCUT2D eigenvalue weighted by molar-refractivity contribution is -0.172. The number of carbonyl (C=O) groups excluding carboxylic acids is 6. The first-order valence-corrected chi connectivity index (χ1v) is 25.7. The van der Waals surface area contributed by atoms with E-state index in [1.165, 1.54) is 39.2 Å². The molecule has 8 rings (SSSR count). The number of alkyl carbamates (subject to hydrolysis) is 1. The molecule has 2 atom stereocenters. The highest BCUT2D eigenvalue weighted by atomic mass is 32.2. The summed E-state index contributed by atoms with van der Waals surface area (Å²) in [4.78, 5) is 97.0. The molecule has 0 unspecified atom stereocenters. The van der Waals surface area contributed by atoms with Gasteiger partial charge in [0, 0.05) is 67.4 Å². The number of esters is 1. The van der Waals surface area contributed by atoms with E-state index in [1.807, 2.05) is 0 Å². The number of anilines is 1. The van der Waals surface area contributed by atoms with Crippen molar-refractivity contribution in [3.63, 3.8) is 0 Å². The van der Waals surface area contributed by atoms with Crippen LogP contribution in [0.15, 0.2) is 82.5 Å². The van der Waals surface area contributed by atoms with Gasteiger partial charge in [-0.3, -0.25) is 28.9 Å². The van der Waals surface area contributed by atoms with E-state index < -0.39 is 94.0 Å². The zero-order valence-corrected chi connectivity index (χ0v) is 42.8. The Morgan fingerprint density at radius 3 is 2.24 bits per heavy atom. The lowest BCUT2D eigenvalue weighted by atomic mass is 9.86. The van der Waals surface area contributed by atoms with Gasteiger partial charge in [-0.25, -0.2) is 27.4 Å². The van der Waals surface area contributed by atoms with Crippen molar-refractivity contribution in [2.45, 2.75) is 89.3 Å². The maximum Gasteiger partial charge on any atom is 0.408 e. The van der Waals surface area contributed by atoms with Gasteiger partial charge in [0.15, 0.2) is 5.60 Å². The zero-order chi connectivity index (χ0) is 54.0. The van der Waals surface area contributed by atoms with Crippen LogP contribution in [0, 0.1) is 12.7 Å². The molecule has 3 aliphatic heterocycles. The number of hydrogen-bond acceptors (Lipinski definition) is 14. The monoisotopic (exact) mass is 1050 g/mol. The molecule has 21 nitrogen and oxygen atoms in total. The fourth-order valence-electron chi connectivity index (χ4n) is 9.19. The standard InChI is InChI=1S/C52H58FN9O12S/c1-6-52(70)38-22-42-46-36(28-62(42)48(67)37(38)29-73-49(52)68)35(34-20-30(2)39(53)23-40(34)59-46)27-60-16-18-61(19-17-60)75(71,72)33-14-12-32(13-15-33)57-44(64)26-55-47(66)41(21-31-10-8-7-9-11-31)58-45(65)25-54-43(63)24-56-50(69)74-51(3,4)5/h7-15,20,22-23,41,70H,6,16-19,21,24-29H2,1-5H3,(H,54,63)(H,55,66)(H,56,69)(H,57,64)(H,58,65)/t41-,52-/m0/s1. The van der Waals surface area contributed by atoms with Gasteiger partial charge < -0.3 is 45.7 Å². The van der Waals surface area contributed by atoms with Gasteiger partial charge in [0.05, 0.1) is 47.0 Å². The number of nitrogens with one attached hydrogen (secondary N) is 5. The highest BCUT2D eigenvalue weighted by molar-refractivity contribution is 7.89. The number of amides is 5. The lowest BCUT2D eigenvalue weighted by Crippen LogP contribution is -2.52. The van der Waals surface area contributed by atoms with Crippen molar-refractivity contribution in [1.82, 2.24) is 40.0 Å². The van der Waals surface area contributed by atoms with E-state index in [4.69, 9.17) is 14.5 Å². The third-order valence-corrected chi connectivity index (χ3v) is 15.1. The summed E-state index contributed by atoms with van der Waals surface area (Å²) in [6.07, 6.45) is -0.783. The molecule has 0 radical (unpaired) electrons. The lowest BCUT2D eigenvalue weighted by Gasteiger charge is -2.34. The highest BCUT2D eigenvalue weighted by Gasteiger charge is 2.46. The van der Waals surface area contributed by atoms with E-state index in [1.54, 1.807) is 77.1 Å². The van der Waals surface area contributed by atoms with Gasteiger partial charge in [-0.1, -0.05) is 37.3 Å². The molecule has 5 amide bonds. The number of aromatic nitrogens is 2. The molecule has 3 aliphatic rings. The van der Waals surface area contributed by atoms with Crippen molar-refractivity contribution in [1.29, 1.82) is 0 Å². The number of ether oxygens (including phenoxy) is 2. The Bertz CT molecular complexity index is 3270. The molecule has 0 aliphatic carbocycles. The van der Waals surface area contributed by atoms with Gasteiger partial charge in [0.1, 0.15) is 30.6 Å². The number of aliphatic hydroxyl groups is 1. The minimum atomic E-state index is -4.00. The number of benzene rings is 3. The van der Waals surface area contributed by atoms with Crippen LogP contribution in [0.1, 0.15) is 67.5 Å². The number of carbonyl (C=O) groups is 6. The quantitative estimate of drug-likeness (QED) is 0.0761. The van der Waals surface area contributed by atoms with Crippen molar-refractivity contribution >= 4 is 62.3 Å². The van der Waals surface area contributed by atoms with Crippen molar-refractivity contribution in [3.8, 4) is 11.4 Å². The van der Waals surface area contributed by atoms with Crippen LogP contribution >= 0.6 is 0 Å². The van der Waals surface area contributed by atoms with Crippen LogP contribution in [-0.4, -0.2) is 125 Å². The normalized spacial score (nSPS) is 16.9. The van der Waals surface area contributed by atoms with Gasteiger partial charge in [0.2, 0.25) is 33.7 Å². The Labute approximate surface area is 431 Å². The molecule has 396 valence electrons. The first-order chi connectivity index (χ1) is 35.5. The maximum atomic E-state index is 15.1. The fraction of sp³-hybridized carbons (Fsp3) is 0.385. The Morgan fingerprint density at radius 2 is 1.56 bits per heavy atom. The molecule has 0 bridgehead atoms. The van der Waals surface area contributed by atoms with Crippen molar-refractivity contribution in [2.75, 3.05) is 51.1 Å². The minimum Gasteiger partial charge on any atom is -0.458 e. The topological polar surface area (TPSA) is 277 Å². The van der Waals surface area contributed by atoms with Gasteiger partial charge in [0.25, 0.3) is 5.56 Å². The smallest absolute Gasteiger partial charge is 0.408 e. The average molecular weight is 1050 g/mol. The van der Waals surface area contributed by atoms with Gasteiger partial charge in [-0.05, 0) is 87.2 Å². The van der Waals surface area contributed by atoms with Crippen molar-refractivity contribution in [2.24, 2.45) is 0 Å². The number of halogens is 1. The number of piperazine rings is 1. The van der Waals surface area contributed by atoms with E-state index >= 15 is 4.39 Å². The summed E-state index contributed by atoms with van der Waals surface area (Å²) in [5, 5.41) is 24.4. The number of aryl methyl sites for hydroxylation is 1. The molecule has 0 saturated carbocycles. The van der Waals surface area contributed by atoms with Gasteiger partial charge in [-0.2, -0.15) is 4.31 Å². The van der Waals surface area contributed by atoms with Crippen LogP contribution in [0.4, 0.5) is 14.9 Å². The van der Waals surface area contributed by atoms with Crippen LogP contribution in [-0.2, 0) is 75.2 Å². The number of hydrogen-bond donors (Lipinski definition) is 6. The second-order valence-corrected chi connectivity index (χ2v) is 21.5. The molecule has 1 fully saturated rings. The molecule has 3 aromatic carbocycles. The molecule has 23 heteroatoms. The molecule has 2 aromatic heterocycles. The Balaban J connectivity index is 0.871. The van der Waals surface area contributed by atoms with Gasteiger partial charge >= 0.3 is 12.1 Å². The molecule has 75 heavy (non-hydrogen) atoms. The predicted molar refractivity (Wildman–Crippen MR) is 271 cm³/mol. The molecular formula is C52H58FN9O12S. The van der Waals surface area contributed by atoms with E-state index in [2.05, 4.69) is 31.5 Å². The second-order valence-electron chi connectivity index (χ2n) is 19.6. The molecule has 0 spiro atoms. The summed E-state index contributed by atoms with van der Waals surface area (Å²) >= 11 is 0. The number of pyridine rings is 2. The van der Waals surface area contributed by atoms with E-state index in [9.17, 15) is 47.1 Å². The number of cyclic esters (lactones) is 1. The Kier molecular flexibility index (Phi) is 15.5. The number of rotatable bonds is 16. The third-order valence-electron chi connectivity index (χ3n) is 13.2. The zero-order valence-electron chi connectivity index (χ0n) is 42.0. The summed E-state index contributed by atoms with van der Waals surface area (Å²) in [5.74, 6) is -4.01. The summed E-state index contributed by atoms with van der Waals surface area (Å²) in [5.41, 5.74) is 1.12. The second kappa shape index (κ2) is 21.7. The summed E-state index contributed by atoms with van der Waals surface area (Å²) in [7, 11) is -4.00. The molecule has 1 saturated heterocycles. The number of nitrogens with zero attached hydrogens (tertiary/aromatic N) is 4. The summed E-state index contributed by atoms with van der Waals surface area (Å²) in [6.45, 7) is 7.85. The first-order valence-electron chi connectivity index (χ1n) is 24.3. The van der Waals surface area contributed by atoms with E-state index in [-0.39, 0.29) is 60.8 Å². The molecule has 5 heterocycles. The SMILES string of the molecule is CC[C@@]1(O)C(=O)OCc2c1cc1n(c2=O)Cc2c-1nc1cc(F)c(C)cc1c2CN1CCN(S(=O)(=O)c2ccc(NC(=O)CNC(=O)[C@H](Cc3ccccc3)NC(=O)CNC(=O)CNC(=O)OC(C)(C)C)cc2)CC1. The van der Waals surface area contributed by atoms with Crippen LogP contribution < -0.4 is 32.1 Å². The minimum absolute atomic E-state index is 0.0133. The summed E-state index contributed by atoms with van der Waals surface area (Å²) < 4.78 is 56.2. The van der Waals surface area contributed by atoms with E-state index in [0.29, 0.717) is 58.6 Å². The van der Waals surface area contributed by atoms with E-state index in [0.717, 1.165) is 5.56 Å². The molecule has 6 N–H and O–H groups in total. The Hall–Kier alpha value is -7.60. The van der Waals surface area contributed by atoms with Crippen LogP contribution in [0.3, 0.4) is 0 Å². The summed E-state index contributed by atoms with van der Waals surface area (Å²) in [6, 6.07) is 17.9. The van der Waals surface area contributed by atoms with Crippen LogP contribution in [0.25, 0.3) is 22.3 Å². The van der Waals surface area contributed by atoms with Crippen LogP contribution in [0.5, 0.6) is 0 Å². The fourth-order valence-corrected chi connectivity index (χ4v) is 10.6. The van der Waals surface area contributed by atoms with Crippen LogP contribution in [0.2, 0.25) is 0 Å². The molecular weight excluding hydrogens is 994 g/mol. The van der Waals surface area contributed by atoms with Crippen molar-refractivity contribution in [3.05, 3.63) is 122 Å². The first kappa shape index (κ1) is 53.7. The maximum absolute atomic E-state index is 15.1. The van der Waals surface area contributed by atoms with Crippen molar-refractivity contribution < 1.29 is 56.2 Å². The average Bonchev–Trinajstić information content (AvgIpc) is 3.74. The largest absolute Gasteiger partial charge is 0.458 e. The third kappa shape index (κ3) is 11.9. The van der Waals surface area contributed by atoms with Gasteiger partial charge in [-0.15, -0.1) is 0 Å². The highest BCUT2D eigenvalue weighted by Crippen LogP contribution is 2.41. The number of fused-ring (bicyclic) bond motifs is 5. The predicted octanol–water partition coefficient (Wildman–Crippen LogP) is 2.46.